The van der Waals surface area contributed by atoms with E-state index in [9.17, 15) is 9.59 Å². The summed E-state index contributed by atoms with van der Waals surface area (Å²) < 4.78 is 4.73. The maximum absolute atomic E-state index is 12.2. The number of methoxy groups -OCH3 is 1. The van der Waals surface area contributed by atoms with Crippen LogP contribution in [-0.4, -0.2) is 24.0 Å². The third kappa shape index (κ3) is 3.90. The zero-order valence-corrected chi connectivity index (χ0v) is 14.7. The van der Waals surface area contributed by atoms with Gasteiger partial charge in [0.15, 0.2) is 0 Å². The van der Waals surface area contributed by atoms with Crippen molar-refractivity contribution < 1.29 is 14.3 Å². The fraction of sp³-hybridized carbons (Fsp3) is 0.0500. The second kappa shape index (κ2) is 7.80. The van der Waals surface area contributed by atoms with Crippen molar-refractivity contribution in [1.29, 1.82) is 0 Å². The number of halogens is 1. The van der Waals surface area contributed by atoms with E-state index in [-0.39, 0.29) is 5.91 Å². The van der Waals surface area contributed by atoms with Gasteiger partial charge in [-0.1, -0.05) is 29.8 Å². The first-order valence-corrected chi connectivity index (χ1v) is 8.17. The lowest BCUT2D eigenvalue weighted by Crippen LogP contribution is -2.12. The molecule has 0 aliphatic heterocycles. The molecule has 0 atom stereocenters. The molecule has 0 saturated heterocycles. The number of hydrogen-bond acceptors (Lipinski definition) is 4. The van der Waals surface area contributed by atoms with Crippen LogP contribution in [0.4, 0.5) is 5.82 Å². The quantitative estimate of drug-likeness (QED) is 0.693. The smallest absolute Gasteiger partial charge is 0.337 e. The van der Waals surface area contributed by atoms with Gasteiger partial charge in [-0.25, -0.2) is 9.78 Å². The largest absolute Gasteiger partial charge is 0.465 e. The summed E-state index contributed by atoms with van der Waals surface area (Å²) in [6, 6.07) is 17.2. The zero-order chi connectivity index (χ0) is 18.5. The molecule has 1 aromatic heterocycles. The SMILES string of the molecule is COC(=O)c1ccc(Cl)c(-c2ccc(NC(=O)c3ccccc3)nc2)c1. The second-order valence-electron chi connectivity index (χ2n) is 5.44. The van der Waals surface area contributed by atoms with E-state index in [0.29, 0.717) is 27.5 Å². The average molecular weight is 367 g/mol. The number of nitrogens with zero attached hydrogens (tertiary/aromatic N) is 1. The number of ether oxygens (including phenoxy) is 1. The number of aromatic nitrogens is 1. The van der Waals surface area contributed by atoms with Crippen LogP contribution in [0.2, 0.25) is 5.02 Å². The highest BCUT2D eigenvalue weighted by molar-refractivity contribution is 6.33. The van der Waals surface area contributed by atoms with E-state index in [0.717, 1.165) is 5.56 Å². The Bertz CT molecular complexity index is 941. The molecule has 0 bridgehead atoms. The molecule has 5 nitrogen and oxygen atoms in total. The van der Waals surface area contributed by atoms with Gasteiger partial charge in [0.2, 0.25) is 0 Å². The highest BCUT2D eigenvalue weighted by Gasteiger charge is 2.11. The normalized spacial score (nSPS) is 10.2. The van der Waals surface area contributed by atoms with Crippen LogP contribution in [0.3, 0.4) is 0 Å². The molecule has 1 N–H and O–H groups in total. The molecule has 6 heteroatoms. The van der Waals surface area contributed by atoms with E-state index in [2.05, 4.69) is 10.3 Å². The minimum absolute atomic E-state index is 0.239. The van der Waals surface area contributed by atoms with Crippen LogP contribution in [0.1, 0.15) is 20.7 Å². The molecular weight excluding hydrogens is 352 g/mol. The molecule has 2 aromatic carbocycles. The molecular formula is C20H15ClN2O3. The topological polar surface area (TPSA) is 68.3 Å². The number of pyridine rings is 1. The molecule has 0 spiro atoms. The average Bonchev–Trinajstić information content (AvgIpc) is 2.69. The molecule has 3 aromatic rings. The van der Waals surface area contributed by atoms with Crippen LogP contribution in [0.15, 0.2) is 66.9 Å². The molecule has 1 heterocycles. The van der Waals surface area contributed by atoms with Crippen LogP contribution < -0.4 is 5.32 Å². The number of rotatable bonds is 4. The van der Waals surface area contributed by atoms with E-state index in [4.69, 9.17) is 16.3 Å². The van der Waals surface area contributed by atoms with Gasteiger partial charge in [0.25, 0.3) is 5.91 Å². The Morgan fingerprint density at radius 3 is 2.42 bits per heavy atom. The van der Waals surface area contributed by atoms with E-state index < -0.39 is 5.97 Å². The van der Waals surface area contributed by atoms with E-state index in [1.54, 1.807) is 60.8 Å². The van der Waals surface area contributed by atoms with Crippen LogP contribution >= 0.6 is 11.6 Å². The molecule has 130 valence electrons. The summed E-state index contributed by atoms with van der Waals surface area (Å²) in [6.07, 6.45) is 1.59. The van der Waals surface area contributed by atoms with Crippen LogP contribution in [0.25, 0.3) is 11.1 Å². The lowest BCUT2D eigenvalue weighted by molar-refractivity contribution is 0.0600. The van der Waals surface area contributed by atoms with Crippen molar-refractivity contribution in [2.45, 2.75) is 0 Å². The van der Waals surface area contributed by atoms with Gasteiger partial charge in [0, 0.05) is 27.9 Å². The number of amides is 1. The summed E-state index contributed by atoms with van der Waals surface area (Å²) >= 11 is 6.23. The van der Waals surface area contributed by atoms with Crippen molar-refractivity contribution in [1.82, 2.24) is 4.98 Å². The number of nitrogens with one attached hydrogen (secondary N) is 1. The summed E-state index contributed by atoms with van der Waals surface area (Å²) in [6.45, 7) is 0. The third-order valence-corrected chi connectivity index (χ3v) is 4.07. The third-order valence-electron chi connectivity index (χ3n) is 3.74. The highest BCUT2D eigenvalue weighted by atomic mass is 35.5. The Morgan fingerprint density at radius 1 is 1.00 bits per heavy atom. The predicted octanol–water partition coefficient (Wildman–Crippen LogP) is 4.44. The molecule has 0 unspecified atom stereocenters. The molecule has 3 rings (SSSR count). The predicted molar refractivity (Wildman–Crippen MR) is 100 cm³/mol. The van der Waals surface area contributed by atoms with Gasteiger partial charge in [-0.3, -0.25) is 4.79 Å². The van der Waals surface area contributed by atoms with Crippen molar-refractivity contribution in [3.63, 3.8) is 0 Å². The lowest BCUT2D eigenvalue weighted by Gasteiger charge is -2.08. The highest BCUT2D eigenvalue weighted by Crippen LogP contribution is 2.29. The Morgan fingerprint density at radius 2 is 1.77 bits per heavy atom. The lowest BCUT2D eigenvalue weighted by atomic mass is 10.0. The van der Waals surface area contributed by atoms with E-state index in [1.807, 2.05) is 6.07 Å². The van der Waals surface area contributed by atoms with Gasteiger partial charge in [-0.05, 0) is 42.5 Å². The van der Waals surface area contributed by atoms with Gasteiger partial charge < -0.3 is 10.1 Å². The molecule has 0 aliphatic carbocycles. The van der Waals surface area contributed by atoms with Crippen molar-refractivity contribution >= 4 is 29.3 Å². The van der Waals surface area contributed by atoms with Crippen LogP contribution in [0.5, 0.6) is 0 Å². The molecule has 0 aliphatic rings. The van der Waals surface area contributed by atoms with E-state index >= 15 is 0 Å². The zero-order valence-electron chi connectivity index (χ0n) is 13.9. The summed E-state index contributed by atoms with van der Waals surface area (Å²) in [4.78, 5) is 28.1. The number of anilines is 1. The maximum Gasteiger partial charge on any atom is 0.337 e. The summed E-state index contributed by atoms with van der Waals surface area (Å²) in [7, 11) is 1.32. The van der Waals surface area contributed by atoms with Gasteiger partial charge >= 0.3 is 5.97 Å². The minimum atomic E-state index is -0.442. The number of esters is 1. The first-order valence-electron chi connectivity index (χ1n) is 7.79. The van der Waals surface area contributed by atoms with Crippen LogP contribution in [0, 0.1) is 0 Å². The maximum atomic E-state index is 12.2. The first-order chi connectivity index (χ1) is 12.6. The Balaban J connectivity index is 1.82. The summed E-state index contributed by atoms with van der Waals surface area (Å²) in [5.41, 5.74) is 2.32. The standard InChI is InChI=1S/C20H15ClN2O3/c1-26-20(25)14-7-9-17(21)16(11-14)15-8-10-18(22-12-15)23-19(24)13-5-3-2-4-6-13/h2-12H,1H3,(H,22,23,24). The van der Waals surface area contributed by atoms with Gasteiger partial charge in [-0.2, -0.15) is 0 Å². The van der Waals surface area contributed by atoms with Crippen molar-refractivity contribution in [3.8, 4) is 11.1 Å². The van der Waals surface area contributed by atoms with Gasteiger partial charge in [0.05, 0.1) is 12.7 Å². The van der Waals surface area contributed by atoms with Gasteiger partial charge in [-0.15, -0.1) is 0 Å². The molecule has 26 heavy (non-hydrogen) atoms. The first kappa shape index (κ1) is 17.6. The van der Waals surface area contributed by atoms with Crippen molar-refractivity contribution in [3.05, 3.63) is 83.0 Å². The monoisotopic (exact) mass is 366 g/mol. The molecule has 0 fully saturated rings. The molecule has 1 amide bonds. The fourth-order valence-corrected chi connectivity index (χ4v) is 2.62. The fourth-order valence-electron chi connectivity index (χ4n) is 2.40. The van der Waals surface area contributed by atoms with Crippen molar-refractivity contribution in [2.75, 3.05) is 12.4 Å². The second-order valence-corrected chi connectivity index (χ2v) is 5.85. The van der Waals surface area contributed by atoms with Crippen LogP contribution in [-0.2, 0) is 4.74 Å². The minimum Gasteiger partial charge on any atom is -0.465 e. The number of carbonyl (C=O) groups is 2. The molecule has 0 saturated carbocycles. The Kier molecular flexibility index (Phi) is 5.29. The Hall–Kier alpha value is -3.18. The van der Waals surface area contributed by atoms with Crippen molar-refractivity contribution in [2.24, 2.45) is 0 Å². The Labute approximate surface area is 155 Å². The summed E-state index contributed by atoms with van der Waals surface area (Å²) in [5, 5.41) is 3.22. The molecule has 0 radical (unpaired) electrons. The number of hydrogen-bond donors (Lipinski definition) is 1. The van der Waals surface area contributed by atoms with Gasteiger partial charge in [0.1, 0.15) is 5.82 Å². The number of carbonyl (C=O) groups excluding carboxylic acids is 2. The van der Waals surface area contributed by atoms with E-state index in [1.165, 1.54) is 7.11 Å². The number of benzene rings is 2. The summed E-state index contributed by atoms with van der Waals surface area (Å²) in [5.74, 6) is -0.262.